The van der Waals surface area contributed by atoms with E-state index < -0.39 is 0 Å². The van der Waals surface area contributed by atoms with E-state index in [1.807, 2.05) is 19.1 Å². The van der Waals surface area contributed by atoms with Gasteiger partial charge in [-0.1, -0.05) is 32.9 Å². The second-order valence-electron chi connectivity index (χ2n) is 6.66. The van der Waals surface area contributed by atoms with Crippen LogP contribution in [0, 0.1) is 5.41 Å². The van der Waals surface area contributed by atoms with Crippen LogP contribution in [0.5, 0.6) is 5.75 Å². The molecule has 0 aliphatic heterocycles. The van der Waals surface area contributed by atoms with Gasteiger partial charge in [0.15, 0.2) is 0 Å². The summed E-state index contributed by atoms with van der Waals surface area (Å²) >= 11 is 0. The Labute approximate surface area is 122 Å². The first-order chi connectivity index (χ1) is 9.41. The van der Waals surface area contributed by atoms with Gasteiger partial charge in [0.2, 0.25) is 0 Å². The highest BCUT2D eigenvalue weighted by atomic mass is 16.5. The van der Waals surface area contributed by atoms with Crippen LogP contribution >= 0.6 is 0 Å². The Balaban J connectivity index is 2.14. The Kier molecular flexibility index (Phi) is 4.71. The molecule has 2 rings (SSSR count). The molecule has 0 spiro atoms. The fraction of sp³-hybridized carbons (Fsp3) is 0.647. The average molecular weight is 277 g/mol. The van der Waals surface area contributed by atoms with Crippen LogP contribution in [-0.2, 0) is 4.74 Å². The lowest BCUT2D eigenvalue weighted by Crippen LogP contribution is -2.39. The molecule has 3 nitrogen and oxygen atoms in total. The molecule has 2 atom stereocenters. The van der Waals surface area contributed by atoms with Gasteiger partial charge in [0, 0.05) is 6.61 Å². The van der Waals surface area contributed by atoms with Crippen LogP contribution in [-0.4, -0.2) is 18.8 Å². The number of benzene rings is 1. The summed E-state index contributed by atoms with van der Waals surface area (Å²) in [5.74, 6) is 0.921. The van der Waals surface area contributed by atoms with E-state index in [4.69, 9.17) is 15.2 Å². The lowest BCUT2D eigenvalue weighted by Gasteiger charge is -2.35. The van der Waals surface area contributed by atoms with Gasteiger partial charge in [0.25, 0.3) is 0 Å². The van der Waals surface area contributed by atoms with E-state index in [1.165, 1.54) is 12.8 Å². The van der Waals surface area contributed by atoms with Gasteiger partial charge in [0.1, 0.15) is 5.75 Å². The van der Waals surface area contributed by atoms with E-state index in [-0.39, 0.29) is 17.6 Å². The molecule has 0 amide bonds. The van der Waals surface area contributed by atoms with Crippen LogP contribution in [0.2, 0.25) is 0 Å². The summed E-state index contributed by atoms with van der Waals surface area (Å²) in [5, 5.41) is 0. The van der Waals surface area contributed by atoms with Crippen LogP contribution < -0.4 is 10.5 Å². The maximum atomic E-state index is 6.45. The Morgan fingerprint density at radius 2 is 2.00 bits per heavy atom. The molecule has 0 aromatic heterocycles. The Morgan fingerprint density at radius 3 is 2.55 bits per heavy atom. The second kappa shape index (κ2) is 6.15. The van der Waals surface area contributed by atoms with Crippen LogP contribution in [0.25, 0.3) is 0 Å². The smallest absolute Gasteiger partial charge is 0.120 e. The minimum atomic E-state index is -0.141. The van der Waals surface area contributed by atoms with E-state index in [1.54, 1.807) is 0 Å². The average Bonchev–Trinajstić information content (AvgIpc) is 3.18. The standard InChI is InChI=1S/C17H27NO2/c1-5-19-16(17(2,3)4)15(18)12-7-6-8-14(11-12)20-13-9-10-13/h6-8,11,13,15-16H,5,9-10,18H2,1-4H3. The topological polar surface area (TPSA) is 44.5 Å². The van der Waals surface area contributed by atoms with Crippen molar-refractivity contribution in [1.82, 2.24) is 0 Å². The van der Waals surface area contributed by atoms with Crippen molar-refractivity contribution in [2.24, 2.45) is 11.1 Å². The minimum absolute atomic E-state index is 0.00276. The van der Waals surface area contributed by atoms with Gasteiger partial charge in [0.05, 0.1) is 18.2 Å². The molecule has 1 fully saturated rings. The van der Waals surface area contributed by atoms with Crippen LogP contribution in [0.1, 0.15) is 52.1 Å². The summed E-state index contributed by atoms with van der Waals surface area (Å²) in [5.41, 5.74) is 7.53. The van der Waals surface area contributed by atoms with Gasteiger partial charge in [-0.25, -0.2) is 0 Å². The van der Waals surface area contributed by atoms with E-state index in [0.29, 0.717) is 12.7 Å². The zero-order chi connectivity index (χ0) is 14.8. The van der Waals surface area contributed by atoms with Gasteiger partial charge in [-0.05, 0) is 42.9 Å². The maximum Gasteiger partial charge on any atom is 0.120 e. The molecule has 1 aromatic rings. The van der Waals surface area contributed by atoms with E-state index in [9.17, 15) is 0 Å². The molecule has 0 bridgehead atoms. The fourth-order valence-electron chi connectivity index (χ4n) is 2.42. The van der Waals surface area contributed by atoms with Crippen LogP contribution in [0.15, 0.2) is 24.3 Å². The zero-order valence-corrected chi connectivity index (χ0v) is 13.1. The summed E-state index contributed by atoms with van der Waals surface area (Å²) in [4.78, 5) is 0. The van der Waals surface area contributed by atoms with Crippen molar-refractivity contribution in [1.29, 1.82) is 0 Å². The van der Waals surface area contributed by atoms with Crippen molar-refractivity contribution < 1.29 is 9.47 Å². The number of nitrogens with two attached hydrogens (primary N) is 1. The fourth-order valence-corrected chi connectivity index (χ4v) is 2.42. The van der Waals surface area contributed by atoms with Crippen molar-refractivity contribution >= 4 is 0 Å². The minimum Gasteiger partial charge on any atom is -0.490 e. The van der Waals surface area contributed by atoms with E-state index in [0.717, 1.165) is 11.3 Å². The van der Waals surface area contributed by atoms with Gasteiger partial charge in [-0.2, -0.15) is 0 Å². The number of rotatable bonds is 6. The molecule has 0 saturated heterocycles. The highest BCUT2D eigenvalue weighted by molar-refractivity contribution is 5.31. The predicted octanol–water partition coefficient (Wildman–Crippen LogP) is 3.68. The molecule has 0 radical (unpaired) electrons. The van der Waals surface area contributed by atoms with Gasteiger partial charge >= 0.3 is 0 Å². The van der Waals surface area contributed by atoms with Crippen LogP contribution in [0.4, 0.5) is 0 Å². The molecule has 112 valence electrons. The van der Waals surface area contributed by atoms with Gasteiger partial charge in [-0.3, -0.25) is 0 Å². The highest BCUT2D eigenvalue weighted by Crippen LogP contribution is 2.33. The van der Waals surface area contributed by atoms with Gasteiger partial charge < -0.3 is 15.2 Å². The molecule has 1 aliphatic carbocycles. The zero-order valence-electron chi connectivity index (χ0n) is 13.1. The second-order valence-corrected chi connectivity index (χ2v) is 6.66. The molecule has 0 heterocycles. The normalized spacial score (nSPS) is 18.6. The summed E-state index contributed by atoms with van der Waals surface area (Å²) in [6, 6.07) is 7.99. The Morgan fingerprint density at radius 1 is 1.30 bits per heavy atom. The Bertz CT molecular complexity index is 435. The first kappa shape index (κ1) is 15.3. The molecule has 1 aromatic carbocycles. The van der Waals surface area contributed by atoms with E-state index in [2.05, 4.69) is 32.9 Å². The van der Waals surface area contributed by atoms with Crippen molar-refractivity contribution in [3.05, 3.63) is 29.8 Å². The lowest BCUT2D eigenvalue weighted by molar-refractivity contribution is -0.0283. The number of ether oxygens (including phenoxy) is 2. The van der Waals surface area contributed by atoms with Crippen molar-refractivity contribution in [2.45, 2.75) is 58.8 Å². The number of hydrogen-bond acceptors (Lipinski definition) is 3. The highest BCUT2D eigenvalue weighted by Gasteiger charge is 2.32. The molecule has 2 unspecified atom stereocenters. The molecule has 3 heteroatoms. The quantitative estimate of drug-likeness (QED) is 0.862. The monoisotopic (exact) mass is 277 g/mol. The number of hydrogen-bond donors (Lipinski definition) is 1. The first-order valence-electron chi connectivity index (χ1n) is 7.55. The molecule has 1 aliphatic rings. The molecule has 1 saturated carbocycles. The summed E-state index contributed by atoms with van der Waals surface area (Å²) in [6.07, 6.45) is 2.73. The first-order valence-corrected chi connectivity index (χ1v) is 7.55. The van der Waals surface area contributed by atoms with Crippen LogP contribution in [0.3, 0.4) is 0 Å². The lowest BCUT2D eigenvalue weighted by atomic mass is 9.82. The predicted molar refractivity (Wildman–Crippen MR) is 81.9 cm³/mol. The summed E-state index contributed by atoms with van der Waals surface area (Å²) < 4.78 is 11.7. The van der Waals surface area contributed by atoms with Crippen molar-refractivity contribution in [3.63, 3.8) is 0 Å². The Hall–Kier alpha value is -1.06. The van der Waals surface area contributed by atoms with E-state index >= 15 is 0 Å². The van der Waals surface area contributed by atoms with Gasteiger partial charge in [-0.15, -0.1) is 0 Å². The maximum absolute atomic E-state index is 6.45. The summed E-state index contributed by atoms with van der Waals surface area (Å²) in [7, 11) is 0. The largest absolute Gasteiger partial charge is 0.490 e. The SMILES string of the molecule is CCOC(C(N)c1cccc(OC2CC2)c1)C(C)(C)C. The third-order valence-electron chi connectivity index (χ3n) is 3.60. The summed E-state index contributed by atoms with van der Waals surface area (Å²) in [6.45, 7) is 9.18. The van der Waals surface area contributed by atoms with Crippen molar-refractivity contribution in [2.75, 3.05) is 6.61 Å². The van der Waals surface area contributed by atoms with Crippen molar-refractivity contribution in [3.8, 4) is 5.75 Å². The molecule has 2 N–H and O–H groups in total. The molecule has 20 heavy (non-hydrogen) atoms. The molecular weight excluding hydrogens is 250 g/mol. The third-order valence-corrected chi connectivity index (χ3v) is 3.60. The molecular formula is C17H27NO2. The third kappa shape index (κ3) is 3.97.